The lowest BCUT2D eigenvalue weighted by atomic mass is 9.92. The molecule has 4 atom stereocenters. The van der Waals surface area contributed by atoms with Gasteiger partial charge in [0.2, 0.25) is 0 Å². The van der Waals surface area contributed by atoms with Crippen molar-refractivity contribution in [2.45, 2.75) is 108 Å². The maximum atomic E-state index is 9.90. The Labute approximate surface area is 136 Å². The first-order chi connectivity index (χ1) is 10.7. The standard InChI is InChI=1S/C18H37NO3/c1-2-3-4-5-6-7-8-9-10-11-12-13-15-17(21)18(22)16(20)14-19-15/h15-22H,2-14H2,1H3/t15-,16+,17+,18+/m0/s1. The van der Waals surface area contributed by atoms with E-state index in [4.69, 9.17) is 0 Å². The quantitative estimate of drug-likeness (QED) is 0.418. The summed E-state index contributed by atoms with van der Waals surface area (Å²) in [5, 5.41) is 32.1. The molecule has 0 radical (unpaired) electrons. The topological polar surface area (TPSA) is 72.7 Å². The molecule has 0 saturated carbocycles. The Balaban J connectivity index is 1.89. The molecule has 1 saturated heterocycles. The molecular weight excluding hydrogens is 278 g/mol. The van der Waals surface area contributed by atoms with Crippen LogP contribution in [0.4, 0.5) is 0 Å². The zero-order valence-electron chi connectivity index (χ0n) is 14.3. The summed E-state index contributed by atoms with van der Waals surface area (Å²) in [4.78, 5) is 0. The Morgan fingerprint density at radius 3 is 1.77 bits per heavy atom. The fourth-order valence-electron chi connectivity index (χ4n) is 3.28. The van der Waals surface area contributed by atoms with E-state index in [1.54, 1.807) is 0 Å². The monoisotopic (exact) mass is 315 g/mol. The fourth-order valence-corrected chi connectivity index (χ4v) is 3.28. The van der Waals surface area contributed by atoms with E-state index in [-0.39, 0.29) is 6.04 Å². The van der Waals surface area contributed by atoms with Crippen molar-refractivity contribution in [1.29, 1.82) is 0 Å². The molecule has 0 unspecified atom stereocenters. The summed E-state index contributed by atoms with van der Waals surface area (Å²) in [7, 11) is 0. The number of hydrogen-bond donors (Lipinski definition) is 4. The molecule has 1 aliphatic heterocycles. The summed E-state index contributed by atoms with van der Waals surface area (Å²) in [6.45, 7) is 2.63. The average Bonchev–Trinajstić information content (AvgIpc) is 2.52. The number of nitrogens with one attached hydrogen (secondary N) is 1. The zero-order valence-corrected chi connectivity index (χ0v) is 14.3. The van der Waals surface area contributed by atoms with Crippen LogP contribution in [0.3, 0.4) is 0 Å². The van der Waals surface area contributed by atoms with Gasteiger partial charge in [-0.25, -0.2) is 0 Å². The van der Waals surface area contributed by atoms with Gasteiger partial charge in [0, 0.05) is 12.6 Å². The number of aliphatic hydroxyl groups is 3. The van der Waals surface area contributed by atoms with Crippen LogP contribution in [-0.2, 0) is 0 Å². The Bertz CT molecular complexity index is 263. The zero-order chi connectivity index (χ0) is 16.2. The fraction of sp³-hybridized carbons (Fsp3) is 1.00. The van der Waals surface area contributed by atoms with E-state index >= 15 is 0 Å². The molecular formula is C18H37NO3. The second kappa shape index (κ2) is 12.3. The molecule has 4 nitrogen and oxygen atoms in total. The highest BCUT2D eigenvalue weighted by atomic mass is 16.4. The predicted molar refractivity (Wildman–Crippen MR) is 90.9 cm³/mol. The van der Waals surface area contributed by atoms with Crippen LogP contribution in [-0.4, -0.2) is 46.2 Å². The van der Waals surface area contributed by atoms with E-state index in [9.17, 15) is 15.3 Å². The smallest absolute Gasteiger partial charge is 0.108 e. The average molecular weight is 315 g/mol. The Morgan fingerprint density at radius 1 is 0.727 bits per heavy atom. The first-order valence-electron chi connectivity index (χ1n) is 9.44. The van der Waals surface area contributed by atoms with Crippen molar-refractivity contribution in [3.05, 3.63) is 0 Å². The summed E-state index contributed by atoms with van der Waals surface area (Å²) in [6, 6.07) is -0.0723. The van der Waals surface area contributed by atoms with Crippen LogP contribution in [0.25, 0.3) is 0 Å². The minimum Gasteiger partial charge on any atom is -0.389 e. The van der Waals surface area contributed by atoms with Crippen molar-refractivity contribution >= 4 is 0 Å². The molecule has 0 bridgehead atoms. The van der Waals surface area contributed by atoms with Gasteiger partial charge in [0.15, 0.2) is 0 Å². The number of β-amino-alcohol motifs (C(OH)–C–C–N with tert-alkyl or cyclic N) is 1. The Kier molecular flexibility index (Phi) is 11.1. The SMILES string of the molecule is CCCCCCCCCCCCC[C@@H]1NC[C@@H](O)[C@@H](O)[C@@H]1O. The summed E-state index contributed by atoms with van der Waals surface area (Å²) in [6.07, 6.45) is 12.6. The first-order valence-corrected chi connectivity index (χ1v) is 9.44. The third kappa shape index (κ3) is 7.91. The van der Waals surface area contributed by atoms with E-state index < -0.39 is 18.3 Å². The highest BCUT2D eigenvalue weighted by Gasteiger charge is 2.35. The molecule has 0 aromatic carbocycles. The number of unbranched alkanes of at least 4 members (excludes halogenated alkanes) is 10. The number of aliphatic hydroxyl groups excluding tert-OH is 3. The lowest BCUT2D eigenvalue weighted by Crippen LogP contribution is -2.59. The van der Waals surface area contributed by atoms with Gasteiger partial charge in [-0.15, -0.1) is 0 Å². The minimum atomic E-state index is -1.00. The molecule has 0 aromatic rings. The number of rotatable bonds is 12. The molecule has 0 aliphatic carbocycles. The predicted octanol–water partition coefficient (Wildman–Crippen LogP) is 2.74. The van der Waals surface area contributed by atoms with Crippen molar-refractivity contribution in [3.8, 4) is 0 Å². The molecule has 1 aliphatic rings. The van der Waals surface area contributed by atoms with Crippen LogP contribution in [0, 0.1) is 0 Å². The molecule has 132 valence electrons. The van der Waals surface area contributed by atoms with E-state index in [1.165, 1.54) is 64.2 Å². The summed E-state index contributed by atoms with van der Waals surface area (Å²) < 4.78 is 0. The van der Waals surface area contributed by atoms with Crippen LogP contribution in [0.15, 0.2) is 0 Å². The maximum Gasteiger partial charge on any atom is 0.108 e. The van der Waals surface area contributed by atoms with Gasteiger partial charge in [0.25, 0.3) is 0 Å². The van der Waals surface area contributed by atoms with Gasteiger partial charge in [-0.05, 0) is 6.42 Å². The highest BCUT2D eigenvalue weighted by molar-refractivity contribution is 4.91. The van der Waals surface area contributed by atoms with Gasteiger partial charge >= 0.3 is 0 Å². The van der Waals surface area contributed by atoms with Crippen molar-refractivity contribution in [1.82, 2.24) is 5.32 Å². The largest absolute Gasteiger partial charge is 0.389 e. The molecule has 4 heteroatoms. The van der Waals surface area contributed by atoms with E-state index in [2.05, 4.69) is 12.2 Å². The van der Waals surface area contributed by atoms with Gasteiger partial charge in [-0.2, -0.15) is 0 Å². The summed E-state index contributed by atoms with van der Waals surface area (Å²) >= 11 is 0. The van der Waals surface area contributed by atoms with Crippen LogP contribution >= 0.6 is 0 Å². The van der Waals surface area contributed by atoms with Gasteiger partial charge in [0.1, 0.15) is 6.10 Å². The number of hydrogen-bond acceptors (Lipinski definition) is 4. The second-order valence-electron chi connectivity index (χ2n) is 6.89. The summed E-state index contributed by atoms with van der Waals surface area (Å²) in [5.41, 5.74) is 0. The number of piperidine rings is 1. The Morgan fingerprint density at radius 2 is 1.23 bits per heavy atom. The van der Waals surface area contributed by atoms with E-state index in [1.807, 2.05) is 0 Å². The van der Waals surface area contributed by atoms with Crippen LogP contribution < -0.4 is 5.32 Å². The minimum absolute atomic E-state index is 0.0723. The maximum absolute atomic E-state index is 9.90. The van der Waals surface area contributed by atoms with E-state index in [0.717, 1.165) is 12.8 Å². The Hall–Kier alpha value is -0.160. The van der Waals surface area contributed by atoms with Crippen LogP contribution in [0.5, 0.6) is 0 Å². The van der Waals surface area contributed by atoms with Crippen molar-refractivity contribution in [3.63, 3.8) is 0 Å². The molecule has 0 spiro atoms. The van der Waals surface area contributed by atoms with Crippen molar-refractivity contribution < 1.29 is 15.3 Å². The second-order valence-corrected chi connectivity index (χ2v) is 6.89. The summed E-state index contributed by atoms with van der Waals surface area (Å²) in [5.74, 6) is 0. The van der Waals surface area contributed by atoms with Gasteiger partial charge in [0.05, 0.1) is 12.2 Å². The highest BCUT2D eigenvalue weighted by Crippen LogP contribution is 2.17. The van der Waals surface area contributed by atoms with Gasteiger partial charge < -0.3 is 20.6 Å². The van der Waals surface area contributed by atoms with Crippen molar-refractivity contribution in [2.24, 2.45) is 0 Å². The van der Waals surface area contributed by atoms with Crippen molar-refractivity contribution in [2.75, 3.05) is 6.54 Å². The molecule has 0 aromatic heterocycles. The lowest BCUT2D eigenvalue weighted by molar-refractivity contribution is -0.0952. The molecule has 4 N–H and O–H groups in total. The molecule has 1 heterocycles. The third-order valence-electron chi connectivity index (χ3n) is 4.86. The van der Waals surface area contributed by atoms with Gasteiger partial charge in [-0.3, -0.25) is 0 Å². The lowest BCUT2D eigenvalue weighted by Gasteiger charge is -2.36. The molecule has 0 amide bonds. The van der Waals surface area contributed by atoms with E-state index in [0.29, 0.717) is 6.54 Å². The molecule has 1 rings (SSSR count). The van der Waals surface area contributed by atoms with Crippen LogP contribution in [0.2, 0.25) is 0 Å². The first kappa shape index (κ1) is 19.9. The van der Waals surface area contributed by atoms with Gasteiger partial charge in [-0.1, -0.05) is 77.6 Å². The molecule has 22 heavy (non-hydrogen) atoms. The normalized spacial score (nSPS) is 28.9. The van der Waals surface area contributed by atoms with Crippen LogP contribution in [0.1, 0.15) is 84.0 Å². The third-order valence-corrected chi connectivity index (χ3v) is 4.86. The molecule has 1 fully saturated rings.